The van der Waals surface area contributed by atoms with E-state index < -0.39 is 0 Å². The number of hydrogen-bond donors (Lipinski definition) is 2. The lowest BCUT2D eigenvalue weighted by molar-refractivity contribution is -0.116. The molecular weight excluding hydrogens is 356 g/mol. The molecule has 3 aromatic rings. The van der Waals surface area contributed by atoms with Crippen molar-refractivity contribution in [1.29, 1.82) is 0 Å². The quantitative estimate of drug-likeness (QED) is 0.637. The van der Waals surface area contributed by atoms with Crippen LogP contribution in [0.1, 0.15) is 24.9 Å². The molecule has 6 heteroatoms. The molecule has 1 aromatic heterocycles. The minimum atomic E-state index is 0.00719. The Labute approximate surface area is 163 Å². The van der Waals surface area contributed by atoms with Crippen LogP contribution in [-0.4, -0.2) is 29.4 Å². The molecule has 1 atom stereocenters. The maximum Gasteiger partial charge on any atom is 0.225 e. The highest BCUT2D eigenvalue weighted by molar-refractivity contribution is 7.13. The number of carbonyl (C=O) groups excluding carboxylic acids is 1. The molecule has 2 aromatic carbocycles. The van der Waals surface area contributed by atoms with Crippen LogP contribution in [0.25, 0.3) is 11.3 Å². The normalized spacial score (nSPS) is 12.1. The molecule has 1 amide bonds. The number of nitrogens with zero attached hydrogens (tertiary/aromatic N) is 2. The van der Waals surface area contributed by atoms with Gasteiger partial charge in [-0.15, -0.1) is 11.3 Å². The van der Waals surface area contributed by atoms with Gasteiger partial charge in [0, 0.05) is 35.6 Å². The zero-order valence-corrected chi connectivity index (χ0v) is 16.4. The van der Waals surface area contributed by atoms with E-state index in [1.165, 1.54) is 16.9 Å². The maximum atomic E-state index is 12.3. The average molecular weight is 381 g/mol. The first kappa shape index (κ1) is 19.1. The number of thiazole rings is 1. The predicted molar refractivity (Wildman–Crippen MR) is 113 cm³/mol. The van der Waals surface area contributed by atoms with Crippen LogP contribution in [0, 0.1) is 0 Å². The van der Waals surface area contributed by atoms with Crippen LogP contribution in [0.4, 0.5) is 10.8 Å². The molecule has 0 aliphatic carbocycles. The lowest BCUT2D eigenvalue weighted by Gasteiger charge is -2.24. The fraction of sp³-hybridized carbons (Fsp3) is 0.238. The van der Waals surface area contributed by atoms with E-state index >= 15 is 0 Å². The van der Waals surface area contributed by atoms with Gasteiger partial charge >= 0.3 is 0 Å². The Hall–Kier alpha value is -2.70. The maximum absolute atomic E-state index is 12.3. The third-order valence-corrected chi connectivity index (χ3v) is 5.29. The van der Waals surface area contributed by atoms with Crippen LogP contribution in [0.15, 0.2) is 60.0 Å². The minimum absolute atomic E-state index is 0.00719. The number of nitrogen functional groups attached to an aromatic ring is 1. The van der Waals surface area contributed by atoms with Gasteiger partial charge in [-0.05, 0) is 31.7 Å². The third kappa shape index (κ3) is 5.15. The molecule has 0 fully saturated rings. The molecule has 3 rings (SSSR count). The standard InChI is InChI=1S/C21H24N4OS/c1-15(16-6-4-3-5-7-16)25(2)13-12-20(26)23-18-10-8-17(9-11-18)19-14-27-21(22)24-19/h3-11,14-15H,12-13H2,1-2H3,(H2,22,24)(H,23,26)/t15-/m0/s1. The third-order valence-electron chi connectivity index (χ3n) is 4.62. The minimum Gasteiger partial charge on any atom is -0.375 e. The zero-order valence-electron chi connectivity index (χ0n) is 15.6. The first-order valence-electron chi connectivity index (χ1n) is 8.89. The number of anilines is 2. The van der Waals surface area contributed by atoms with E-state index in [0.717, 1.165) is 16.9 Å². The topological polar surface area (TPSA) is 71.2 Å². The summed E-state index contributed by atoms with van der Waals surface area (Å²) in [5.41, 5.74) is 9.54. The second kappa shape index (κ2) is 8.79. The largest absolute Gasteiger partial charge is 0.375 e. The Bertz CT molecular complexity index is 877. The first-order valence-corrected chi connectivity index (χ1v) is 9.77. The smallest absolute Gasteiger partial charge is 0.225 e. The number of nitrogens with two attached hydrogens (primary N) is 1. The summed E-state index contributed by atoms with van der Waals surface area (Å²) < 4.78 is 0. The van der Waals surface area contributed by atoms with Gasteiger partial charge in [0.25, 0.3) is 0 Å². The summed E-state index contributed by atoms with van der Waals surface area (Å²) in [5.74, 6) is 0.00719. The Morgan fingerprint density at radius 3 is 2.52 bits per heavy atom. The van der Waals surface area contributed by atoms with Crippen LogP contribution in [0.5, 0.6) is 0 Å². The van der Waals surface area contributed by atoms with Crippen molar-refractivity contribution < 1.29 is 4.79 Å². The van der Waals surface area contributed by atoms with Crippen LogP contribution < -0.4 is 11.1 Å². The van der Waals surface area contributed by atoms with Gasteiger partial charge in [-0.25, -0.2) is 4.98 Å². The predicted octanol–water partition coefficient (Wildman–Crippen LogP) is 4.41. The van der Waals surface area contributed by atoms with E-state index in [0.29, 0.717) is 18.1 Å². The van der Waals surface area contributed by atoms with E-state index in [4.69, 9.17) is 5.73 Å². The lowest BCUT2D eigenvalue weighted by Crippen LogP contribution is -2.27. The Morgan fingerprint density at radius 1 is 1.19 bits per heavy atom. The summed E-state index contributed by atoms with van der Waals surface area (Å²) in [7, 11) is 2.04. The van der Waals surface area contributed by atoms with Gasteiger partial charge in [-0.2, -0.15) is 0 Å². The van der Waals surface area contributed by atoms with E-state index in [1.807, 2.05) is 54.9 Å². The molecule has 0 spiro atoms. The Balaban J connectivity index is 1.50. The van der Waals surface area contributed by atoms with Crippen LogP contribution in [0.2, 0.25) is 0 Å². The molecule has 1 heterocycles. The summed E-state index contributed by atoms with van der Waals surface area (Å²) in [5, 5.41) is 5.43. The number of carbonyl (C=O) groups is 1. The second-order valence-corrected chi connectivity index (χ2v) is 7.40. The van der Waals surface area contributed by atoms with Crippen LogP contribution in [0.3, 0.4) is 0 Å². The summed E-state index contributed by atoms with van der Waals surface area (Å²) in [6.45, 7) is 2.84. The molecule has 27 heavy (non-hydrogen) atoms. The Morgan fingerprint density at radius 2 is 1.89 bits per heavy atom. The number of benzene rings is 2. The lowest BCUT2D eigenvalue weighted by atomic mass is 10.1. The number of hydrogen-bond acceptors (Lipinski definition) is 5. The van der Waals surface area contributed by atoms with Gasteiger partial charge in [0.15, 0.2) is 5.13 Å². The molecule has 0 unspecified atom stereocenters. The van der Waals surface area contributed by atoms with Crippen molar-refractivity contribution in [2.75, 3.05) is 24.6 Å². The van der Waals surface area contributed by atoms with Gasteiger partial charge in [0.2, 0.25) is 5.91 Å². The molecule has 140 valence electrons. The number of nitrogens with one attached hydrogen (secondary N) is 1. The summed E-state index contributed by atoms with van der Waals surface area (Å²) >= 11 is 1.42. The molecule has 0 saturated carbocycles. The molecule has 0 radical (unpaired) electrons. The monoisotopic (exact) mass is 380 g/mol. The molecule has 0 aliphatic heterocycles. The van der Waals surface area contributed by atoms with Gasteiger partial charge in [-0.1, -0.05) is 42.5 Å². The van der Waals surface area contributed by atoms with E-state index in [1.54, 1.807) is 0 Å². The van der Waals surface area contributed by atoms with Gasteiger partial charge in [0.05, 0.1) is 5.69 Å². The van der Waals surface area contributed by atoms with Gasteiger partial charge < -0.3 is 11.1 Å². The Kier molecular flexibility index (Phi) is 6.21. The van der Waals surface area contributed by atoms with Crippen molar-refractivity contribution in [2.45, 2.75) is 19.4 Å². The first-order chi connectivity index (χ1) is 13.0. The fourth-order valence-electron chi connectivity index (χ4n) is 2.83. The second-order valence-electron chi connectivity index (χ2n) is 6.51. The summed E-state index contributed by atoms with van der Waals surface area (Å²) in [6.07, 6.45) is 0.443. The van der Waals surface area contributed by atoms with Crippen molar-refractivity contribution in [3.8, 4) is 11.3 Å². The van der Waals surface area contributed by atoms with Crippen molar-refractivity contribution in [1.82, 2.24) is 9.88 Å². The molecular formula is C21H24N4OS. The molecule has 0 bridgehead atoms. The SMILES string of the molecule is C[C@@H](c1ccccc1)N(C)CCC(=O)Nc1ccc(-c2csc(N)n2)cc1. The van der Waals surface area contributed by atoms with E-state index in [2.05, 4.69) is 34.3 Å². The highest BCUT2D eigenvalue weighted by atomic mass is 32.1. The van der Waals surface area contributed by atoms with Crippen molar-refractivity contribution in [3.63, 3.8) is 0 Å². The van der Waals surface area contributed by atoms with Gasteiger partial charge in [0.1, 0.15) is 0 Å². The number of aromatic nitrogens is 1. The fourth-order valence-corrected chi connectivity index (χ4v) is 3.40. The van der Waals surface area contributed by atoms with E-state index in [9.17, 15) is 4.79 Å². The number of rotatable bonds is 7. The zero-order chi connectivity index (χ0) is 19.2. The van der Waals surface area contributed by atoms with Crippen molar-refractivity contribution in [2.24, 2.45) is 0 Å². The number of amides is 1. The molecule has 0 saturated heterocycles. The summed E-state index contributed by atoms with van der Waals surface area (Å²) in [4.78, 5) is 18.7. The van der Waals surface area contributed by atoms with Crippen molar-refractivity contribution >= 4 is 28.1 Å². The van der Waals surface area contributed by atoms with E-state index in [-0.39, 0.29) is 11.9 Å². The average Bonchev–Trinajstić information content (AvgIpc) is 3.13. The van der Waals surface area contributed by atoms with Crippen molar-refractivity contribution in [3.05, 3.63) is 65.5 Å². The summed E-state index contributed by atoms with van der Waals surface area (Å²) in [6, 6.07) is 18.2. The molecule has 3 N–H and O–H groups in total. The highest BCUT2D eigenvalue weighted by Gasteiger charge is 2.13. The van der Waals surface area contributed by atoms with Crippen LogP contribution >= 0.6 is 11.3 Å². The van der Waals surface area contributed by atoms with Crippen LogP contribution in [-0.2, 0) is 4.79 Å². The highest BCUT2D eigenvalue weighted by Crippen LogP contribution is 2.24. The molecule has 0 aliphatic rings. The molecule has 5 nitrogen and oxygen atoms in total. The van der Waals surface area contributed by atoms with Gasteiger partial charge in [-0.3, -0.25) is 9.69 Å².